The topological polar surface area (TPSA) is 136 Å². The number of carbonyl (C=O) groups excluding carboxylic acids is 1. The van der Waals surface area contributed by atoms with Crippen LogP contribution in [-0.2, 0) is 9.53 Å². The minimum atomic E-state index is -0.391. The van der Waals surface area contributed by atoms with Crippen LogP contribution in [0.2, 0.25) is 0 Å². The van der Waals surface area contributed by atoms with Crippen molar-refractivity contribution >= 4 is 23.1 Å². The molecule has 0 unspecified atom stereocenters. The highest BCUT2D eigenvalue weighted by molar-refractivity contribution is 5.70. The molecule has 0 bridgehead atoms. The largest absolute Gasteiger partial charge is 0.466 e. The molecule has 0 amide bonds. The van der Waals surface area contributed by atoms with Crippen LogP contribution in [0.25, 0.3) is 11.2 Å². The summed E-state index contributed by atoms with van der Waals surface area (Å²) in [5.41, 5.74) is 5.80. The van der Waals surface area contributed by atoms with Crippen LogP contribution in [0, 0.1) is 11.8 Å². The number of rotatable bonds is 4. The number of aromatic amines is 1. The zero-order chi connectivity index (χ0) is 15.9. The molecule has 1 fully saturated rings. The first-order valence-electron chi connectivity index (χ1n) is 6.97. The Morgan fingerprint density at radius 1 is 1.64 bits per heavy atom. The lowest BCUT2D eigenvalue weighted by molar-refractivity contribution is -0.146. The first-order valence-corrected chi connectivity index (χ1v) is 6.97. The average molecular weight is 307 g/mol. The predicted octanol–water partition coefficient (Wildman–Crippen LogP) is -0.566. The van der Waals surface area contributed by atoms with Crippen molar-refractivity contribution in [2.75, 3.05) is 18.9 Å². The quantitative estimate of drug-likeness (QED) is 0.644. The molecule has 4 N–H and O–H groups in total. The van der Waals surface area contributed by atoms with E-state index in [0.717, 1.165) is 0 Å². The van der Waals surface area contributed by atoms with Crippen LogP contribution < -0.4 is 11.3 Å². The molecule has 1 aliphatic carbocycles. The van der Waals surface area contributed by atoms with Crippen molar-refractivity contribution in [2.45, 2.75) is 19.4 Å². The molecule has 2 aromatic rings. The van der Waals surface area contributed by atoms with Crippen LogP contribution in [0.1, 0.15) is 19.4 Å². The van der Waals surface area contributed by atoms with Gasteiger partial charge < -0.3 is 20.1 Å². The molecule has 0 radical (unpaired) electrons. The number of H-pyrrole nitrogens is 1. The Hall–Kier alpha value is -2.42. The summed E-state index contributed by atoms with van der Waals surface area (Å²) < 4.78 is 6.76. The fraction of sp³-hybridized carbons (Fsp3) is 0.538. The molecule has 0 aromatic carbocycles. The van der Waals surface area contributed by atoms with Crippen LogP contribution >= 0.6 is 0 Å². The maximum atomic E-state index is 11.8. The van der Waals surface area contributed by atoms with Gasteiger partial charge in [-0.1, -0.05) is 0 Å². The van der Waals surface area contributed by atoms with Crippen LogP contribution in [0.3, 0.4) is 0 Å². The zero-order valence-electron chi connectivity index (χ0n) is 12.0. The lowest BCUT2D eigenvalue weighted by Gasteiger charge is -2.44. The average Bonchev–Trinajstić information content (AvgIpc) is 2.81. The summed E-state index contributed by atoms with van der Waals surface area (Å²) >= 11 is 0. The van der Waals surface area contributed by atoms with Crippen molar-refractivity contribution in [3.63, 3.8) is 0 Å². The molecule has 2 aromatic heterocycles. The van der Waals surface area contributed by atoms with Gasteiger partial charge in [-0.25, -0.2) is 4.98 Å². The number of nitrogen functional groups attached to an aromatic ring is 1. The molecule has 3 atom stereocenters. The van der Waals surface area contributed by atoms with E-state index in [-0.39, 0.29) is 48.5 Å². The third-order valence-electron chi connectivity index (χ3n) is 4.16. The summed E-state index contributed by atoms with van der Waals surface area (Å²) in [6.45, 7) is 1.58. The molecule has 1 saturated carbocycles. The van der Waals surface area contributed by atoms with Gasteiger partial charge in [0.25, 0.3) is 5.56 Å². The van der Waals surface area contributed by atoms with Crippen LogP contribution in [0.4, 0.5) is 5.95 Å². The van der Waals surface area contributed by atoms with E-state index in [1.54, 1.807) is 4.57 Å². The number of hydrogen-bond donors (Lipinski definition) is 3. The van der Waals surface area contributed by atoms with E-state index in [4.69, 9.17) is 10.5 Å². The summed E-state index contributed by atoms with van der Waals surface area (Å²) in [6, 6.07) is -0.0516. The number of esters is 1. The van der Waals surface area contributed by atoms with Gasteiger partial charge in [-0.15, -0.1) is 0 Å². The smallest absolute Gasteiger partial charge is 0.302 e. The number of aromatic nitrogens is 4. The van der Waals surface area contributed by atoms with E-state index in [1.165, 1.54) is 13.3 Å². The molecular weight excluding hydrogens is 290 g/mol. The summed E-state index contributed by atoms with van der Waals surface area (Å²) in [6.07, 6.45) is 2.24. The number of anilines is 1. The van der Waals surface area contributed by atoms with E-state index >= 15 is 0 Å². The maximum absolute atomic E-state index is 11.8. The molecule has 9 heteroatoms. The van der Waals surface area contributed by atoms with E-state index < -0.39 is 5.56 Å². The molecule has 9 nitrogen and oxygen atoms in total. The fourth-order valence-corrected chi connectivity index (χ4v) is 2.97. The van der Waals surface area contributed by atoms with E-state index in [2.05, 4.69) is 15.0 Å². The van der Waals surface area contributed by atoms with Crippen molar-refractivity contribution in [1.82, 2.24) is 19.5 Å². The van der Waals surface area contributed by atoms with E-state index in [9.17, 15) is 14.7 Å². The van der Waals surface area contributed by atoms with Gasteiger partial charge in [-0.2, -0.15) is 4.98 Å². The highest BCUT2D eigenvalue weighted by atomic mass is 16.5. The van der Waals surface area contributed by atoms with Gasteiger partial charge in [-0.05, 0) is 6.42 Å². The van der Waals surface area contributed by atoms with E-state index in [1.807, 2.05) is 0 Å². The Kier molecular flexibility index (Phi) is 3.57. The Labute approximate surface area is 125 Å². The van der Waals surface area contributed by atoms with Crippen LogP contribution in [0.5, 0.6) is 0 Å². The third-order valence-corrected chi connectivity index (χ3v) is 4.16. The number of aliphatic hydroxyl groups is 1. The highest BCUT2D eigenvalue weighted by Gasteiger charge is 2.43. The first kappa shape index (κ1) is 14.5. The fourth-order valence-electron chi connectivity index (χ4n) is 2.97. The number of aliphatic hydroxyl groups excluding tert-OH is 1. The normalized spacial score (nSPS) is 24.2. The highest BCUT2D eigenvalue weighted by Crippen LogP contribution is 2.44. The zero-order valence-corrected chi connectivity index (χ0v) is 12.0. The molecule has 22 heavy (non-hydrogen) atoms. The van der Waals surface area contributed by atoms with Crippen molar-refractivity contribution in [2.24, 2.45) is 11.8 Å². The maximum Gasteiger partial charge on any atom is 0.302 e. The van der Waals surface area contributed by atoms with Gasteiger partial charge in [0.1, 0.15) is 0 Å². The minimum Gasteiger partial charge on any atom is -0.466 e. The standard InChI is InChI=1S/C13H17N5O4/c1-6(20)22-4-7-2-9(8(7)3-19)18-5-15-10-11(18)16-13(14)17-12(10)21/h5,7-9,19H,2-4H2,1H3,(H3,14,16,17,21)/t7-,8-,9-/m1/s1. The first-order chi connectivity index (χ1) is 10.5. The summed E-state index contributed by atoms with van der Waals surface area (Å²) in [5, 5.41) is 9.58. The van der Waals surface area contributed by atoms with Crippen molar-refractivity contribution < 1.29 is 14.6 Å². The van der Waals surface area contributed by atoms with Gasteiger partial charge in [0.05, 0.1) is 12.9 Å². The summed E-state index contributed by atoms with van der Waals surface area (Å²) in [4.78, 5) is 33.2. The molecule has 1 aliphatic rings. The van der Waals surface area contributed by atoms with Crippen LogP contribution in [-0.4, -0.2) is 43.8 Å². The molecule has 2 heterocycles. The minimum absolute atomic E-state index is 0.0237. The number of carbonyl (C=O) groups is 1. The monoisotopic (exact) mass is 307 g/mol. The predicted molar refractivity (Wildman–Crippen MR) is 76.9 cm³/mol. The van der Waals surface area contributed by atoms with Crippen molar-refractivity contribution in [3.8, 4) is 0 Å². The number of nitrogens with zero attached hydrogens (tertiary/aromatic N) is 3. The van der Waals surface area contributed by atoms with Gasteiger partial charge in [-0.3, -0.25) is 14.6 Å². The second kappa shape index (κ2) is 5.41. The van der Waals surface area contributed by atoms with Gasteiger partial charge >= 0.3 is 5.97 Å². The van der Waals surface area contributed by atoms with Gasteiger partial charge in [0.15, 0.2) is 11.2 Å². The lowest BCUT2D eigenvalue weighted by atomic mass is 9.70. The van der Waals surface area contributed by atoms with E-state index in [0.29, 0.717) is 12.1 Å². The van der Waals surface area contributed by atoms with Gasteiger partial charge in [0, 0.05) is 31.4 Å². The molecule has 118 valence electrons. The molecule has 0 spiro atoms. The summed E-state index contributed by atoms with van der Waals surface area (Å²) in [5.74, 6) is -0.320. The third kappa shape index (κ3) is 2.33. The second-order valence-corrected chi connectivity index (χ2v) is 5.49. The Morgan fingerprint density at radius 2 is 2.41 bits per heavy atom. The van der Waals surface area contributed by atoms with Crippen molar-refractivity contribution in [1.29, 1.82) is 0 Å². The molecule has 3 rings (SSSR count). The Balaban J connectivity index is 1.86. The van der Waals surface area contributed by atoms with Crippen molar-refractivity contribution in [3.05, 3.63) is 16.7 Å². The number of nitrogens with one attached hydrogen (secondary N) is 1. The lowest BCUT2D eigenvalue weighted by Crippen LogP contribution is -2.43. The number of nitrogens with two attached hydrogens (primary N) is 1. The Morgan fingerprint density at radius 3 is 3.09 bits per heavy atom. The van der Waals surface area contributed by atoms with Gasteiger partial charge in [0.2, 0.25) is 5.95 Å². The second-order valence-electron chi connectivity index (χ2n) is 5.49. The Bertz CT molecular complexity index is 767. The number of hydrogen-bond acceptors (Lipinski definition) is 7. The number of ether oxygens (including phenoxy) is 1. The molecular formula is C13H17N5O4. The molecule has 0 aliphatic heterocycles. The SMILES string of the molecule is CC(=O)OC[C@H]1C[C@@H](n2cnc3c(=O)[nH]c(N)nc32)[C@@H]1CO. The summed E-state index contributed by atoms with van der Waals surface area (Å²) in [7, 11) is 0. The molecule has 0 saturated heterocycles. The number of imidazole rings is 1. The van der Waals surface area contributed by atoms with Crippen LogP contribution in [0.15, 0.2) is 11.1 Å². The number of fused-ring (bicyclic) bond motifs is 1.